The van der Waals surface area contributed by atoms with Crippen LogP contribution in [0, 0.1) is 5.92 Å². The van der Waals surface area contributed by atoms with Crippen molar-refractivity contribution >= 4 is 28.3 Å². The lowest BCUT2D eigenvalue weighted by Gasteiger charge is -2.17. The van der Waals surface area contributed by atoms with Gasteiger partial charge in [0.25, 0.3) is 0 Å². The lowest BCUT2D eigenvalue weighted by molar-refractivity contribution is -0.143. The lowest BCUT2D eigenvalue weighted by atomic mass is 10.0. The first-order chi connectivity index (χ1) is 8.81. The van der Waals surface area contributed by atoms with Crippen molar-refractivity contribution in [1.29, 1.82) is 0 Å². The number of carboxylic acids is 1. The first kappa shape index (κ1) is 15.4. The number of hydrogen-bond donors (Lipinski definition) is 2. The topological polar surface area (TPSA) is 82.5 Å². The number of hydrogen-bond acceptors (Lipinski definition) is 5. The first-order valence-corrected chi connectivity index (χ1v) is 6.83. The molecule has 0 aliphatic rings. The summed E-state index contributed by atoms with van der Waals surface area (Å²) in [7, 11) is 3.75. The minimum atomic E-state index is -1.02. The van der Waals surface area contributed by atoms with Crippen LogP contribution >= 0.6 is 11.3 Å². The van der Waals surface area contributed by atoms with Crippen LogP contribution in [0.3, 0.4) is 0 Å². The Balaban J connectivity index is 2.61. The summed E-state index contributed by atoms with van der Waals surface area (Å²) in [6.45, 7) is 3.51. The van der Waals surface area contributed by atoms with Gasteiger partial charge in [0.2, 0.25) is 5.91 Å². The Morgan fingerprint density at radius 1 is 1.47 bits per heavy atom. The maximum Gasteiger partial charge on any atom is 0.326 e. The fourth-order valence-corrected chi connectivity index (χ4v) is 2.24. The fourth-order valence-electron chi connectivity index (χ4n) is 1.49. The molecule has 0 bridgehead atoms. The number of carbonyl (C=O) groups is 2. The SMILES string of the molecule is CC(C)[C@H](NC(=O)Cc1csc(N(C)C)n1)C(=O)O. The van der Waals surface area contributed by atoms with E-state index in [9.17, 15) is 9.59 Å². The predicted octanol–water partition coefficient (Wildman–Crippen LogP) is 0.977. The summed E-state index contributed by atoms with van der Waals surface area (Å²) in [4.78, 5) is 28.9. The molecule has 0 radical (unpaired) electrons. The van der Waals surface area contributed by atoms with Crippen LogP contribution in [0.15, 0.2) is 5.38 Å². The van der Waals surface area contributed by atoms with Crippen molar-refractivity contribution in [3.05, 3.63) is 11.1 Å². The number of rotatable bonds is 6. The number of carboxylic acid groups (broad SMARTS) is 1. The number of amides is 1. The lowest BCUT2D eigenvalue weighted by Crippen LogP contribution is -2.44. The van der Waals surface area contributed by atoms with Crippen molar-refractivity contribution in [1.82, 2.24) is 10.3 Å². The molecule has 1 heterocycles. The second kappa shape index (κ2) is 6.51. The largest absolute Gasteiger partial charge is 0.480 e. The van der Waals surface area contributed by atoms with Gasteiger partial charge in [-0.25, -0.2) is 9.78 Å². The van der Waals surface area contributed by atoms with Crippen molar-refractivity contribution in [3.63, 3.8) is 0 Å². The average molecular weight is 285 g/mol. The Labute approximate surface area is 116 Å². The zero-order chi connectivity index (χ0) is 14.6. The minimum absolute atomic E-state index is 0.0981. The summed E-state index contributed by atoms with van der Waals surface area (Å²) in [5.41, 5.74) is 0.652. The number of aromatic nitrogens is 1. The summed E-state index contributed by atoms with van der Waals surface area (Å²) in [6, 6.07) is -0.862. The van der Waals surface area contributed by atoms with E-state index >= 15 is 0 Å². The molecular weight excluding hydrogens is 266 g/mol. The van der Waals surface area contributed by atoms with E-state index < -0.39 is 12.0 Å². The Morgan fingerprint density at radius 3 is 2.53 bits per heavy atom. The summed E-state index contributed by atoms with van der Waals surface area (Å²) in [6.07, 6.45) is 0.0981. The second-order valence-corrected chi connectivity index (χ2v) is 5.66. The Kier molecular flexibility index (Phi) is 5.29. The Bertz CT molecular complexity index is 457. The summed E-state index contributed by atoms with van der Waals surface area (Å²) in [5, 5.41) is 14.1. The van der Waals surface area contributed by atoms with Crippen LogP contribution in [-0.4, -0.2) is 42.1 Å². The van der Waals surface area contributed by atoms with Crippen LogP contribution in [0.4, 0.5) is 5.13 Å². The Morgan fingerprint density at radius 2 is 2.11 bits per heavy atom. The fraction of sp³-hybridized carbons (Fsp3) is 0.583. The highest BCUT2D eigenvalue weighted by Crippen LogP contribution is 2.18. The van der Waals surface area contributed by atoms with Gasteiger partial charge in [-0.15, -0.1) is 11.3 Å². The molecule has 0 spiro atoms. The molecule has 1 amide bonds. The van der Waals surface area contributed by atoms with Gasteiger partial charge in [0.05, 0.1) is 12.1 Å². The van der Waals surface area contributed by atoms with Gasteiger partial charge in [-0.2, -0.15) is 0 Å². The van der Waals surface area contributed by atoms with Crippen molar-refractivity contribution in [2.24, 2.45) is 5.92 Å². The first-order valence-electron chi connectivity index (χ1n) is 5.95. The average Bonchev–Trinajstić information content (AvgIpc) is 2.73. The molecule has 1 aromatic heterocycles. The normalized spacial score (nSPS) is 12.3. The quantitative estimate of drug-likeness (QED) is 0.814. The molecule has 0 aliphatic carbocycles. The van der Waals surface area contributed by atoms with Crippen LogP contribution < -0.4 is 10.2 Å². The molecule has 0 saturated heterocycles. The standard InChI is InChI=1S/C12H19N3O3S/c1-7(2)10(11(17)18)14-9(16)5-8-6-19-12(13-8)15(3)4/h6-7,10H,5H2,1-4H3,(H,14,16)(H,17,18)/t10-/m0/s1. The molecule has 106 valence electrons. The smallest absolute Gasteiger partial charge is 0.326 e. The number of nitrogens with zero attached hydrogens (tertiary/aromatic N) is 2. The Hall–Kier alpha value is -1.63. The third kappa shape index (κ3) is 4.51. The molecular formula is C12H19N3O3S. The highest BCUT2D eigenvalue weighted by Gasteiger charge is 2.23. The maximum atomic E-state index is 11.8. The molecule has 0 aliphatic heterocycles. The summed E-state index contributed by atoms with van der Waals surface area (Å²) in [5.74, 6) is -1.50. The van der Waals surface area contributed by atoms with Crippen LogP contribution in [0.1, 0.15) is 19.5 Å². The molecule has 7 heteroatoms. The van der Waals surface area contributed by atoms with E-state index in [2.05, 4.69) is 10.3 Å². The molecule has 2 N–H and O–H groups in total. The summed E-state index contributed by atoms with van der Waals surface area (Å²) < 4.78 is 0. The third-order valence-electron chi connectivity index (χ3n) is 2.51. The van der Waals surface area contributed by atoms with Gasteiger partial charge >= 0.3 is 5.97 Å². The van der Waals surface area contributed by atoms with Gasteiger partial charge in [-0.05, 0) is 5.92 Å². The number of carbonyl (C=O) groups excluding carboxylic acids is 1. The van der Waals surface area contributed by atoms with Gasteiger partial charge in [0, 0.05) is 19.5 Å². The molecule has 19 heavy (non-hydrogen) atoms. The predicted molar refractivity (Wildman–Crippen MR) is 74.5 cm³/mol. The van der Waals surface area contributed by atoms with Crippen LogP contribution in [0.5, 0.6) is 0 Å². The highest BCUT2D eigenvalue weighted by atomic mass is 32.1. The van der Waals surface area contributed by atoms with Crippen molar-refractivity contribution in [2.75, 3.05) is 19.0 Å². The van der Waals surface area contributed by atoms with Gasteiger partial charge in [-0.3, -0.25) is 4.79 Å². The molecule has 0 fully saturated rings. The maximum absolute atomic E-state index is 11.8. The summed E-state index contributed by atoms with van der Waals surface area (Å²) >= 11 is 1.45. The molecule has 1 atom stereocenters. The zero-order valence-electron chi connectivity index (χ0n) is 11.5. The molecule has 0 saturated carbocycles. The van der Waals surface area contributed by atoms with E-state index in [1.807, 2.05) is 19.0 Å². The van der Waals surface area contributed by atoms with Crippen LogP contribution in [-0.2, 0) is 16.0 Å². The van der Waals surface area contributed by atoms with Crippen LogP contribution in [0.25, 0.3) is 0 Å². The zero-order valence-corrected chi connectivity index (χ0v) is 12.3. The van der Waals surface area contributed by atoms with Gasteiger partial charge in [0.1, 0.15) is 6.04 Å². The number of thiazole rings is 1. The van der Waals surface area contributed by atoms with E-state index in [0.29, 0.717) is 5.69 Å². The molecule has 1 aromatic rings. The van der Waals surface area contributed by atoms with Crippen molar-refractivity contribution in [3.8, 4) is 0 Å². The third-order valence-corrected chi connectivity index (χ3v) is 3.57. The van der Waals surface area contributed by atoms with Gasteiger partial charge < -0.3 is 15.3 Å². The number of nitrogens with one attached hydrogen (secondary N) is 1. The van der Waals surface area contributed by atoms with E-state index in [1.165, 1.54) is 11.3 Å². The monoisotopic (exact) mass is 285 g/mol. The number of aliphatic carboxylic acids is 1. The van der Waals surface area contributed by atoms with Crippen molar-refractivity contribution < 1.29 is 14.7 Å². The number of anilines is 1. The highest BCUT2D eigenvalue weighted by molar-refractivity contribution is 7.13. The van der Waals surface area contributed by atoms with E-state index in [-0.39, 0.29) is 18.2 Å². The molecule has 6 nitrogen and oxygen atoms in total. The van der Waals surface area contributed by atoms with Crippen molar-refractivity contribution in [2.45, 2.75) is 26.3 Å². The van der Waals surface area contributed by atoms with Crippen LogP contribution in [0.2, 0.25) is 0 Å². The van der Waals surface area contributed by atoms with Gasteiger partial charge in [-0.1, -0.05) is 13.8 Å². The molecule has 0 aromatic carbocycles. The van der Waals surface area contributed by atoms with E-state index in [0.717, 1.165) is 5.13 Å². The van der Waals surface area contributed by atoms with E-state index in [1.54, 1.807) is 19.2 Å². The van der Waals surface area contributed by atoms with E-state index in [4.69, 9.17) is 5.11 Å². The van der Waals surface area contributed by atoms with Gasteiger partial charge in [0.15, 0.2) is 5.13 Å². The minimum Gasteiger partial charge on any atom is -0.480 e. The second-order valence-electron chi connectivity index (χ2n) is 4.82. The molecule has 0 unspecified atom stereocenters. The molecule has 1 rings (SSSR count).